The normalized spacial score (nSPS) is 16.2. The highest BCUT2D eigenvalue weighted by atomic mass is 32.2. The van der Waals surface area contributed by atoms with Crippen LogP contribution in [0.2, 0.25) is 0 Å². The van der Waals surface area contributed by atoms with Crippen molar-refractivity contribution in [3.05, 3.63) is 65.9 Å². The average molecular weight is 457 g/mol. The van der Waals surface area contributed by atoms with Crippen molar-refractivity contribution in [2.75, 3.05) is 21.9 Å². The molecule has 3 heterocycles. The molecule has 0 spiro atoms. The number of nitrogens with two attached hydrogens (primary N) is 1. The molecule has 9 nitrogen and oxygen atoms in total. The number of anilines is 3. The van der Waals surface area contributed by atoms with Gasteiger partial charge in [-0.1, -0.05) is 18.2 Å². The molecule has 1 aliphatic rings. The van der Waals surface area contributed by atoms with Gasteiger partial charge in [-0.15, -0.1) is 0 Å². The zero-order valence-corrected chi connectivity index (χ0v) is 17.3. The van der Waals surface area contributed by atoms with Crippen molar-refractivity contribution in [1.29, 1.82) is 0 Å². The fourth-order valence-corrected chi connectivity index (χ4v) is 5.46. The van der Waals surface area contributed by atoms with Gasteiger partial charge in [-0.25, -0.2) is 17.2 Å². The molecular weight excluding hydrogens is 440 g/mol. The minimum atomic E-state index is -4.39. The predicted octanol–water partition coefficient (Wildman–Crippen LogP) is 2.45. The molecule has 0 aliphatic carbocycles. The summed E-state index contributed by atoms with van der Waals surface area (Å²) >= 11 is 0. The lowest BCUT2D eigenvalue weighted by Crippen LogP contribution is -2.45. The Morgan fingerprint density at radius 1 is 1.16 bits per heavy atom. The summed E-state index contributed by atoms with van der Waals surface area (Å²) in [6.45, 7) is -0.0431. The van der Waals surface area contributed by atoms with E-state index in [0.717, 1.165) is 22.0 Å². The lowest BCUT2D eigenvalue weighted by molar-refractivity contribution is 0.547. The van der Waals surface area contributed by atoms with Crippen LogP contribution >= 0.6 is 0 Å². The van der Waals surface area contributed by atoms with Gasteiger partial charge in [0, 0.05) is 0 Å². The Hall–Kier alpha value is -3.80. The van der Waals surface area contributed by atoms with Gasteiger partial charge in [0.1, 0.15) is 22.3 Å². The molecule has 0 radical (unpaired) electrons. The van der Waals surface area contributed by atoms with Crippen LogP contribution in [0.1, 0.15) is 5.56 Å². The van der Waals surface area contributed by atoms with Crippen molar-refractivity contribution < 1.29 is 17.2 Å². The molecular formula is C20H17F2N7O2S. The Morgan fingerprint density at radius 2 is 1.97 bits per heavy atom. The molecule has 1 atom stereocenters. The monoisotopic (exact) mass is 457 g/mol. The fourth-order valence-electron chi connectivity index (χ4n) is 3.83. The summed E-state index contributed by atoms with van der Waals surface area (Å²) in [6, 6.07) is 8.81. The largest absolute Gasteiger partial charge is 0.368 e. The Balaban J connectivity index is 1.56. The number of benzene rings is 2. The molecule has 5 rings (SSSR count). The van der Waals surface area contributed by atoms with Gasteiger partial charge in [-0.05, 0) is 36.2 Å². The second kappa shape index (κ2) is 7.41. The van der Waals surface area contributed by atoms with E-state index in [1.165, 1.54) is 6.20 Å². The summed E-state index contributed by atoms with van der Waals surface area (Å²) < 4.78 is 56.0. The number of rotatable bonds is 4. The maximum atomic E-state index is 14.4. The Bertz CT molecular complexity index is 1440. The van der Waals surface area contributed by atoms with E-state index in [1.807, 2.05) is 0 Å². The lowest BCUT2D eigenvalue weighted by Gasteiger charge is -2.35. The first-order valence-electron chi connectivity index (χ1n) is 9.62. The first-order chi connectivity index (χ1) is 15.3. The summed E-state index contributed by atoms with van der Waals surface area (Å²) in [5.74, 6) is -1.46. The molecule has 1 unspecified atom stereocenters. The molecule has 164 valence electrons. The first-order valence-corrected chi connectivity index (χ1v) is 11.1. The van der Waals surface area contributed by atoms with Crippen molar-refractivity contribution in [2.24, 2.45) is 0 Å². The van der Waals surface area contributed by atoms with Crippen LogP contribution in [-0.2, 0) is 16.4 Å². The zero-order chi connectivity index (χ0) is 22.5. The fraction of sp³-hybridized carbons (Fsp3) is 0.150. The molecule has 1 aliphatic heterocycles. The second-order valence-electron chi connectivity index (χ2n) is 7.35. The van der Waals surface area contributed by atoms with Crippen molar-refractivity contribution in [3.63, 3.8) is 0 Å². The molecule has 0 saturated heterocycles. The van der Waals surface area contributed by atoms with Crippen LogP contribution in [0.25, 0.3) is 11.0 Å². The molecule has 32 heavy (non-hydrogen) atoms. The Morgan fingerprint density at radius 3 is 2.81 bits per heavy atom. The number of fused-ring (bicyclic) bond motifs is 2. The van der Waals surface area contributed by atoms with Gasteiger partial charge < -0.3 is 11.1 Å². The van der Waals surface area contributed by atoms with Crippen molar-refractivity contribution in [3.8, 4) is 0 Å². The number of sulfonamides is 1. The van der Waals surface area contributed by atoms with Crippen molar-refractivity contribution >= 4 is 38.5 Å². The first kappa shape index (κ1) is 20.1. The van der Waals surface area contributed by atoms with E-state index in [1.54, 1.807) is 24.3 Å². The molecule has 4 N–H and O–H groups in total. The maximum absolute atomic E-state index is 14.4. The van der Waals surface area contributed by atoms with E-state index in [4.69, 9.17) is 5.73 Å². The van der Waals surface area contributed by atoms with Crippen molar-refractivity contribution in [2.45, 2.75) is 17.4 Å². The van der Waals surface area contributed by atoms with E-state index < -0.39 is 32.6 Å². The summed E-state index contributed by atoms with van der Waals surface area (Å²) in [7, 11) is -4.39. The number of para-hydroxylation sites is 1. The third-order valence-corrected chi connectivity index (χ3v) is 7.04. The van der Waals surface area contributed by atoms with Gasteiger partial charge in [0.2, 0.25) is 5.95 Å². The SMILES string of the molecule is Nc1nc(NC2Cc3ccccc3N(S(=O)(=O)c3cc(F)ccc3F)C2)c2cn[nH]c2n1. The highest BCUT2D eigenvalue weighted by Gasteiger charge is 2.35. The van der Waals surface area contributed by atoms with E-state index in [0.29, 0.717) is 35.0 Å². The van der Waals surface area contributed by atoms with Gasteiger partial charge in [-0.2, -0.15) is 15.1 Å². The minimum absolute atomic E-state index is 0.0202. The third kappa shape index (κ3) is 3.38. The van der Waals surface area contributed by atoms with Gasteiger partial charge in [0.25, 0.3) is 10.0 Å². The predicted molar refractivity (Wildman–Crippen MR) is 115 cm³/mol. The highest BCUT2D eigenvalue weighted by Crippen LogP contribution is 2.34. The number of hydrogen-bond donors (Lipinski definition) is 3. The smallest absolute Gasteiger partial charge is 0.267 e. The molecule has 0 bridgehead atoms. The number of aromatic nitrogens is 4. The van der Waals surface area contributed by atoms with Gasteiger partial charge in [0.05, 0.1) is 29.9 Å². The van der Waals surface area contributed by atoms with Crippen LogP contribution in [0.5, 0.6) is 0 Å². The van der Waals surface area contributed by atoms with E-state index >= 15 is 0 Å². The molecule has 12 heteroatoms. The van der Waals surface area contributed by atoms with Crippen LogP contribution in [0.3, 0.4) is 0 Å². The highest BCUT2D eigenvalue weighted by molar-refractivity contribution is 7.92. The second-order valence-corrected chi connectivity index (χ2v) is 9.18. The average Bonchev–Trinajstić information content (AvgIpc) is 3.23. The van der Waals surface area contributed by atoms with Gasteiger partial charge in [0.15, 0.2) is 5.65 Å². The summed E-state index contributed by atoms with van der Waals surface area (Å²) in [5, 5.41) is 10.4. The van der Waals surface area contributed by atoms with Crippen molar-refractivity contribution in [1.82, 2.24) is 20.2 Å². The van der Waals surface area contributed by atoms with Gasteiger partial charge in [-0.3, -0.25) is 9.40 Å². The van der Waals surface area contributed by atoms with Crippen LogP contribution in [0.15, 0.2) is 53.6 Å². The zero-order valence-electron chi connectivity index (χ0n) is 16.5. The maximum Gasteiger partial charge on any atom is 0.267 e. The number of H-pyrrole nitrogens is 1. The third-order valence-electron chi connectivity index (χ3n) is 5.24. The number of nitrogens with zero attached hydrogens (tertiary/aromatic N) is 4. The molecule has 0 fully saturated rings. The number of nitrogens with one attached hydrogen (secondary N) is 2. The Kier molecular flexibility index (Phi) is 4.66. The van der Waals surface area contributed by atoms with Gasteiger partial charge >= 0.3 is 0 Å². The molecule has 2 aromatic heterocycles. The van der Waals surface area contributed by atoms with Crippen LogP contribution in [0.4, 0.5) is 26.2 Å². The van der Waals surface area contributed by atoms with Crippen LogP contribution < -0.4 is 15.4 Å². The minimum Gasteiger partial charge on any atom is -0.368 e. The lowest BCUT2D eigenvalue weighted by atomic mass is 9.99. The van der Waals surface area contributed by atoms with E-state index in [9.17, 15) is 17.2 Å². The van der Waals surface area contributed by atoms with E-state index in [2.05, 4.69) is 25.5 Å². The molecule has 4 aromatic rings. The topological polar surface area (TPSA) is 130 Å². The summed E-state index contributed by atoms with van der Waals surface area (Å²) in [5.41, 5.74) is 7.34. The number of hydrogen-bond acceptors (Lipinski definition) is 7. The van der Waals surface area contributed by atoms with E-state index in [-0.39, 0.29) is 12.5 Å². The molecule has 0 saturated carbocycles. The number of nitrogen functional groups attached to an aromatic ring is 1. The standard InChI is InChI=1S/C20H17F2N7O2S/c21-12-5-6-15(22)17(8-12)32(30,31)29-10-13(7-11-3-1-2-4-16(11)29)25-18-14-9-24-28-19(14)27-20(23)26-18/h1-6,8-9,13H,7,10H2,(H4,23,24,25,26,27,28). The summed E-state index contributed by atoms with van der Waals surface area (Å²) in [6.07, 6.45) is 2.00. The van der Waals surface area contributed by atoms with Crippen LogP contribution in [0, 0.1) is 11.6 Å². The quantitative estimate of drug-likeness (QED) is 0.429. The number of aromatic amines is 1. The summed E-state index contributed by atoms with van der Waals surface area (Å²) in [4.78, 5) is 7.55. The van der Waals surface area contributed by atoms with Crippen LogP contribution in [-0.4, -0.2) is 41.2 Å². The molecule has 0 amide bonds. The molecule has 2 aromatic carbocycles. The number of halogens is 2. The Labute approximate surface area is 181 Å².